The summed E-state index contributed by atoms with van der Waals surface area (Å²) in [5.74, 6) is 0.566. The highest BCUT2D eigenvalue weighted by Crippen LogP contribution is 1.93. The van der Waals surface area contributed by atoms with Crippen molar-refractivity contribution in [2.45, 2.75) is 0 Å². The van der Waals surface area contributed by atoms with Crippen LogP contribution in [0.5, 0.6) is 0 Å². The fraction of sp³-hybridized carbons (Fsp3) is 0.167. The number of hydrogen-bond donors (Lipinski definition) is 2. The Bertz CT molecular complexity index is 198. The highest BCUT2D eigenvalue weighted by molar-refractivity contribution is 5.97. The van der Waals surface area contributed by atoms with E-state index in [4.69, 9.17) is 5.73 Å². The number of aromatic nitrogens is 1. The van der Waals surface area contributed by atoms with Gasteiger partial charge in [0.2, 0.25) is 0 Å². The van der Waals surface area contributed by atoms with E-state index in [0.29, 0.717) is 5.84 Å². The first-order valence-corrected chi connectivity index (χ1v) is 2.70. The molecule has 0 aromatic carbocycles. The van der Waals surface area contributed by atoms with Gasteiger partial charge in [-0.05, 0) is 6.07 Å². The minimum absolute atomic E-state index is 0.566. The molecular formula is C6H9N3. The van der Waals surface area contributed by atoms with Crippen molar-refractivity contribution >= 4 is 5.84 Å². The number of amidine groups is 1. The molecule has 0 atom stereocenters. The molecule has 3 N–H and O–H groups in total. The Hall–Kier alpha value is -1.25. The van der Waals surface area contributed by atoms with Crippen LogP contribution < -0.4 is 5.73 Å². The van der Waals surface area contributed by atoms with E-state index in [1.54, 1.807) is 7.05 Å². The predicted octanol–water partition coefficient (Wildman–Crippen LogP) is 0.350. The lowest BCUT2D eigenvalue weighted by Crippen LogP contribution is -2.11. The molecule has 0 bridgehead atoms. The molecule has 9 heavy (non-hydrogen) atoms. The number of hydrogen-bond acceptors (Lipinski definition) is 1. The summed E-state index contributed by atoms with van der Waals surface area (Å²) >= 11 is 0. The van der Waals surface area contributed by atoms with Gasteiger partial charge in [-0.25, -0.2) is 0 Å². The molecule has 1 heterocycles. The van der Waals surface area contributed by atoms with Gasteiger partial charge in [0.25, 0.3) is 0 Å². The molecule has 48 valence electrons. The summed E-state index contributed by atoms with van der Waals surface area (Å²) in [6, 6.07) is 1.88. The first-order chi connectivity index (χ1) is 4.34. The van der Waals surface area contributed by atoms with Gasteiger partial charge in [-0.3, -0.25) is 4.99 Å². The standard InChI is InChI=1S/C6H9N3/c1-8-6(7)5-2-3-9-4-5/h2-4,9H,1H3,(H2,7,8). The van der Waals surface area contributed by atoms with Crippen LogP contribution in [0.25, 0.3) is 0 Å². The third kappa shape index (κ3) is 1.10. The summed E-state index contributed by atoms with van der Waals surface area (Å²) in [5.41, 5.74) is 6.41. The van der Waals surface area contributed by atoms with Crippen molar-refractivity contribution in [2.75, 3.05) is 7.05 Å². The Balaban J connectivity index is 2.90. The van der Waals surface area contributed by atoms with Gasteiger partial charge >= 0.3 is 0 Å². The SMILES string of the molecule is CN=C(N)c1cc[nH]c1. The highest BCUT2D eigenvalue weighted by Gasteiger charge is 1.93. The Labute approximate surface area is 53.6 Å². The lowest BCUT2D eigenvalue weighted by molar-refractivity contribution is 1.38. The van der Waals surface area contributed by atoms with Gasteiger partial charge in [-0.2, -0.15) is 0 Å². The summed E-state index contributed by atoms with van der Waals surface area (Å²) in [5, 5.41) is 0. The molecule has 0 unspecified atom stereocenters. The topological polar surface area (TPSA) is 54.2 Å². The molecule has 1 aromatic heterocycles. The first kappa shape index (κ1) is 5.88. The minimum Gasteiger partial charge on any atom is -0.383 e. The molecular weight excluding hydrogens is 114 g/mol. The first-order valence-electron chi connectivity index (χ1n) is 2.70. The molecule has 0 saturated heterocycles. The van der Waals surface area contributed by atoms with Crippen molar-refractivity contribution in [3.8, 4) is 0 Å². The maximum absolute atomic E-state index is 5.47. The lowest BCUT2D eigenvalue weighted by Gasteiger charge is -1.89. The number of nitrogens with zero attached hydrogens (tertiary/aromatic N) is 1. The second-order valence-corrected chi connectivity index (χ2v) is 1.71. The smallest absolute Gasteiger partial charge is 0.126 e. The Morgan fingerprint density at radius 2 is 2.56 bits per heavy atom. The molecule has 0 amide bonds. The molecule has 3 heteroatoms. The van der Waals surface area contributed by atoms with E-state index >= 15 is 0 Å². The lowest BCUT2D eigenvalue weighted by atomic mass is 10.3. The maximum Gasteiger partial charge on any atom is 0.126 e. The van der Waals surface area contributed by atoms with Crippen LogP contribution in [0.4, 0.5) is 0 Å². The minimum atomic E-state index is 0.566. The van der Waals surface area contributed by atoms with Gasteiger partial charge in [0, 0.05) is 25.0 Å². The van der Waals surface area contributed by atoms with Crippen LogP contribution in [0.1, 0.15) is 5.56 Å². The Morgan fingerprint density at radius 1 is 1.78 bits per heavy atom. The van der Waals surface area contributed by atoms with Crippen molar-refractivity contribution < 1.29 is 0 Å². The summed E-state index contributed by atoms with van der Waals surface area (Å²) in [4.78, 5) is 6.69. The van der Waals surface area contributed by atoms with E-state index in [1.807, 2.05) is 18.5 Å². The van der Waals surface area contributed by atoms with E-state index < -0.39 is 0 Å². The van der Waals surface area contributed by atoms with Crippen molar-refractivity contribution in [3.63, 3.8) is 0 Å². The van der Waals surface area contributed by atoms with Crippen LogP contribution in [0, 0.1) is 0 Å². The van der Waals surface area contributed by atoms with Crippen molar-refractivity contribution in [1.82, 2.24) is 4.98 Å². The second kappa shape index (κ2) is 2.35. The summed E-state index contributed by atoms with van der Waals surface area (Å²) in [7, 11) is 1.67. The summed E-state index contributed by atoms with van der Waals surface area (Å²) in [6.45, 7) is 0. The van der Waals surface area contributed by atoms with Crippen molar-refractivity contribution in [3.05, 3.63) is 24.0 Å². The van der Waals surface area contributed by atoms with Crippen LogP contribution in [0.15, 0.2) is 23.5 Å². The molecule has 0 radical (unpaired) electrons. The number of aromatic amines is 1. The Kier molecular flexibility index (Phi) is 1.53. The van der Waals surface area contributed by atoms with E-state index in [1.165, 1.54) is 0 Å². The second-order valence-electron chi connectivity index (χ2n) is 1.71. The number of H-pyrrole nitrogens is 1. The molecule has 3 nitrogen and oxygen atoms in total. The molecule has 0 fully saturated rings. The van der Waals surface area contributed by atoms with Gasteiger partial charge in [-0.15, -0.1) is 0 Å². The molecule has 0 spiro atoms. The molecule has 1 rings (SSSR count). The van der Waals surface area contributed by atoms with Gasteiger partial charge < -0.3 is 10.7 Å². The molecule has 0 aliphatic carbocycles. The van der Waals surface area contributed by atoms with E-state index in [0.717, 1.165) is 5.56 Å². The van der Waals surface area contributed by atoms with Gasteiger partial charge in [0.15, 0.2) is 0 Å². The van der Waals surface area contributed by atoms with Crippen LogP contribution in [0.3, 0.4) is 0 Å². The zero-order valence-electron chi connectivity index (χ0n) is 5.26. The normalized spacial score (nSPS) is 11.9. The van der Waals surface area contributed by atoms with Crippen molar-refractivity contribution in [2.24, 2.45) is 10.7 Å². The van der Waals surface area contributed by atoms with E-state index in [-0.39, 0.29) is 0 Å². The molecule has 1 aromatic rings. The molecule has 0 saturated carbocycles. The monoisotopic (exact) mass is 123 g/mol. The predicted molar refractivity (Wildman–Crippen MR) is 37.4 cm³/mol. The highest BCUT2D eigenvalue weighted by atomic mass is 14.8. The zero-order valence-corrected chi connectivity index (χ0v) is 5.26. The van der Waals surface area contributed by atoms with Gasteiger partial charge in [-0.1, -0.05) is 0 Å². The van der Waals surface area contributed by atoms with Crippen LogP contribution in [0.2, 0.25) is 0 Å². The fourth-order valence-corrected chi connectivity index (χ4v) is 0.612. The summed E-state index contributed by atoms with van der Waals surface area (Å²) < 4.78 is 0. The zero-order chi connectivity index (χ0) is 6.69. The van der Waals surface area contributed by atoms with Crippen LogP contribution in [-0.4, -0.2) is 17.9 Å². The number of nitrogens with one attached hydrogen (secondary N) is 1. The Morgan fingerprint density at radius 3 is 3.00 bits per heavy atom. The third-order valence-electron chi connectivity index (χ3n) is 1.13. The van der Waals surface area contributed by atoms with E-state index in [2.05, 4.69) is 9.98 Å². The maximum atomic E-state index is 5.47. The van der Waals surface area contributed by atoms with Crippen LogP contribution in [-0.2, 0) is 0 Å². The van der Waals surface area contributed by atoms with Crippen LogP contribution >= 0.6 is 0 Å². The largest absolute Gasteiger partial charge is 0.383 e. The fourth-order valence-electron chi connectivity index (χ4n) is 0.612. The number of aliphatic imine (C=N–C) groups is 1. The summed E-state index contributed by atoms with van der Waals surface area (Å²) in [6.07, 6.45) is 3.62. The number of nitrogens with two attached hydrogens (primary N) is 1. The van der Waals surface area contributed by atoms with Crippen molar-refractivity contribution in [1.29, 1.82) is 0 Å². The average molecular weight is 123 g/mol. The third-order valence-corrected chi connectivity index (χ3v) is 1.13. The molecule has 0 aliphatic rings. The van der Waals surface area contributed by atoms with Gasteiger partial charge in [0.1, 0.15) is 5.84 Å². The number of rotatable bonds is 1. The molecule has 0 aliphatic heterocycles. The average Bonchev–Trinajstić information content (AvgIpc) is 2.37. The van der Waals surface area contributed by atoms with Gasteiger partial charge in [0.05, 0.1) is 0 Å². The quantitative estimate of drug-likeness (QED) is 0.411. The van der Waals surface area contributed by atoms with E-state index in [9.17, 15) is 0 Å².